The fourth-order valence-electron chi connectivity index (χ4n) is 2.02. The third kappa shape index (κ3) is 3.22. The summed E-state index contributed by atoms with van der Waals surface area (Å²) in [5.74, 6) is -0.110. The maximum atomic E-state index is 11.0. The summed E-state index contributed by atoms with van der Waals surface area (Å²) in [4.78, 5) is 27.7. The second kappa shape index (κ2) is 6.32. The summed E-state index contributed by atoms with van der Waals surface area (Å²) < 4.78 is 6.66. The highest BCUT2D eigenvalue weighted by molar-refractivity contribution is 5.85. The number of ether oxygens (including phenoxy) is 1. The molecule has 8 nitrogen and oxygen atoms in total. The highest BCUT2D eigenvalue weighted by atomic mass is 16.5. The Hall–Kier alpha value is -3.13. The number of imidazole rings is 1. The van der Waals surface area contributed by atoms with Crippen molar-refractivity contribution < 1.29 is 14.6 Å². The van der Waals surface area contributed by atoms with E-state index in [0.29, 0.717) is 23.9 Å². The summed E-state index contributed by atoms with van der Waals surface area (Å²) in [7, 11) is 1.57. The third-order valence-electron chi connectivity index (χ3n) is 3.04. The van der Waals surface area contributed by atoms with E-state index in [2.05, 4.69) is 19.9 Å². The Morgan fingerprint density at radius 3 is 2.91 bits per heavy atom. The van der Waals surface area contributed by atoms with Crippen LogP contribution in [-0.4, -0.2) is 42.7 Å². The van der Waals surface area contributed by atoms with Gasteiger partial charge in [0.05, 0.1) is 12.3 Å². The van der Waals surface area contributed by atoms with Crippen molar-refractivity contribution >= 4 is 5.97 Å². The maximum absolute atomic E-state index is 11.0. The van der Waals surface area contributed by atoms with Gasteiger partial charge in [-0.25, -0.2) is 19.7 Å². The summed E-state index contributed by atoms with van der Waals surface area (Å²) in [6.07, 6.45) is 6.12. The van der Waals surface area contributed by atoms with E-state index in [-0.39, 0.29) is 5.69 Å². The average molecular weight is 311 g/mol. The monoisotopic (exact) mass is 311 g/mol. The number of carboxylic acids is 1. The number of nitrogens with zero attached hydrogens (tertiary/aromatic N) is 5. The molecule has 8 heteroatoms. The van der Waals surface area contributed by atoms with Crippen molar-refractivity contribution in [2.24, 2.45) is 0 Å². The Morgan fingerprint density at radius 1 is 1.39 bits per heavy atom. The molecule has 0 amide bonds. The Bertz CT molecular complexity index is 832. The SMILES string of the molecule is COCc1cc(-n2cnc(C(=O)O)c2)nc(-c2cccnc2)n1. The van der Waals surface area contributed by atoms with E-state index in [1.807, 2.05) is 6.07 Å². The molecule has 0 saturated heterocycles. The molecular formula is C15H13N5O3. The minimum atomic E-state index is -1.09. The smallest absolute Gasteiger partial charge is 0.356 e. The Balaban J connectivity index is 2.08. The number of hydrogen-bond acceptors (Lipinski definition) is 6. The van der Waals surface area contributed by atoms with E-state index in [1.54, 1.807) is 31.6 Å². The van der Waals surface area contributed by atoms with Gasteiger partial charge in [-0.05, 0) is 12.1 Å². The molecular weight excluding hydrogens is 298 g/mol. The zero-order chi connectivity index (χ0) is 16.2. The van der Waals surface area contributed by atoms with Crippen molar-refractivity contribution in [3.63, 3.8) is 0 Å². The zero-order valence-corrected chi connectivity index (χ0v) is 12.2. The molecule has 1 N–H and O–H groups in total. The molecule has 3 heterocycles. The minimum Gasteiger partial charge on any atom is -0.476 e. The third-order valence-corrected chi connectivity index (χ3v) is 3.04. The molecule has 0 unspecified atom stereocenters. The number of aromatic nitrogens is 5. The van der Waals surface area contributed by atoms with Crippen molar-refractivity contribution in [2.75, 3.05) is 7.11 Å². The van der Waals surface area contributed by atoms with Gasteiger partial charge in [0.25, 0.3) is 0 Å². The molecule has 0 atom stereocenters. The molecule has 0 bridgehead atoms. The number of pyridine rings is 1. The molecule has 0 aliphatic heterocycles. The van der Waals surface area contributed by atoms with Crippen LogP contribution in [0.15, 0.2) is 43.1 Å². The van der Waals surface area contributed by atoms with Gasteiger partial charge in [0.1, 0.15) is 12.1 Å². The predicted octanol–water partition coefficient (Wildman–Crippen LogP) is 1.57. The van der Waals surface area contributed by atoms with Crippen LogP contribution < -0.4 is 0 Å². The normalized spacial score (nSPS) is 10.7. The first-order chi connectivity index (χ1) is 11.2. The molecule has 23 heavy (non-hydrogen) atoms. The maximum Gasteiger partial charge on any atom is 0.356 e. The largest absolute Gasteiger partial charge is 0.476 e. The van der Waals surface area contributed by atoms with Crippen LogP contribution in [0.4, 0.5) is 0 Å². The summed E-state index contributed by atoms with van der Waals surface area (Å²) in [5.41, 5.74) is 1.37. The number of aromatic carboxylic acids is 1. The summed E-state index contributed by atoms with van der Waals surface area (Å²) in [6.45, 7) is 0.309. The van der Waals surface area contributed by atoms with Gasteiger partial charge in [0.2, 0.25) is 0 Å². The molecule has 0 aliphatic carbocycles. The molecule has 3 aromatic rings. The lowest BCUT2D eigenvalue weighted by atomic mass is 10.2. The molecule has 0 aliphatic rings. The lowest BCUT2D eigenvalue weighted by molar-refractivity contribution is 0.0691. The summed E-state index contributed by atoms with van der Waals surface area (Å²) in [6, 6.07) is 5.36. The van der Waals surface area contributed by atoms with Gasteiger partial charge < -0.3 is 9.84 Å². The highest BCUT2D eigenvalue weighted by Gasteiger charge is 2.12. The van der Waals surface area contributed by atoms with Gasteiger partial charge >= 0.3 is 5.97 Å². The van der Waals surface area contributed by atoms with Crippen LogP contribution in [0.5, 0.6) is 0 Å². The Kier molecular flexibility index (Phi) is 4.07. The van der Waals surface area contributed by atoms with Gasteiger partial charge in [-0.15, -0.1) is 0 Å². The molecule has 0 saturated carbocycles. The predicted molar refractivity (Wildman–Crippen MR) is 80.1 cm³/mol. The Labute approximate surface area is 131 Å². The van der Waals surface area contributed by atoms with Crippen LogP contribution in [0, 0.1) is 0 Å². The highest BCUT2D eigenvalue weighted by Crippen LogP contribution is 2.17. The van der Waals surface area contributed by atoms with Crippen LogP contribution in [0.1, 0.15) is 16.2 Å². The van der Waals surface area contributed by atoms with E-state index >= 15 is 0 Å². The molecule has 0 aromatic carbocycles. The lowest BCUT2D eigenvalue weighted by Gasteiger charge is -2.08. The van der Waals surface area contributed by atoms with Crippen molar-refractivity contribution in [3.05, 3.63) is 54.5 Å². The van der Waals surface area contributed by atoms with Crippen LogP contribution in [0.25, 0.3) is 17.2 Å². The first-order valence-electron chi connectivity index (χ1n) is 6.72. The molecule has 116 valence electrons. The van der Waals surface area contributed by atoms with Crippen LogP contribution >= 0.6 is 0 Å². The van der Waals surface area contributed by atoms with Crippen LogP contribution in [0.2, 0.25) is 0 Å². The summed E-state index contributed by atoms with van der Waals surface area (Å²) in [5, 5.41) is 8.98. The quantitative estimate of drug-likeness (QED) is 0.762. The van der Waals surface area contributed by atoms with E-state index < -0.39 is 5.97 Å². The fourth-order valence-corrected chi connectivity index (χ4v) is 2.02. The number of carbonyl (C=O) groups is 1. The second-order valence-corrected chi connectivity index (χ2v) is 4.69. The number of carboxylic acid groups (broad SMARTS) is 1. The van der Waals surface area contributed by atoms with Gasteiger partial charge in [-0.3, -0.25) is 9.55 Å². The van der Waals surface area contributed by atoms with Crippen molar-refractivity contribution in [3.8, 4) is 17.2 Å². The topological polar surface area (TPSA) is 103 Å². The summed E-state index contributed by atoms with van der Waals surface area (Å²) >= 11 is 0. The van der Waals surface area contributed by atoms with Gasteiger partial charge in [-0.1, -0.05) is 0 Å². The van der Waals surface area contributed by atoms with E-state index in [1.165, 1.54) is 17.1 Å². The number of methoxy groups -OCH3 is 1. The first kappa shape index (κ1) is 14.8. The molecule has 0 spiro atoms. The first-order valence-corrected chi connectivity index (χ1v) is 6.72. The zero-order valence-electron chi connectivity index (χ0n) is 12.2. The molecule has 3 rings (SSSR count). The molecule has 0 fully saturated rings. The van der Waals surface area contributed by atoms with Gasteiger partial charge in [0, 0.05) is 37.3 Å². The molecule has 0 radical (unpaired) electrons. The van der Waals surface area contributed by atoms with E-state index in [0.717, 1.165) is 5.56 Å². The lowest BCUT2D eigenvalue weighted by Crippen LogP contribution is -2.04. The number of hydrogen-bond donors (Lipinski definition) is 1. The van der Waals surface area contributed by atoms with Crippen molar-refractivity contribution in [2.45, 2.75) is 6.61 Å². The van der Waals surface area contributed by atoms with Crippen molar-refractivity contribution in [1.29, 1.82) is 0 Å². The van der Waals surface area contributed by atoms with Crippen LogP contribution in [-0.2, 0) is 11.3 Å². The number of rotatable bonds is 5. The molecule has 3 aromatic heterocycles. The minimum absolute atomic E-state index is 0.0557. The Morgan fingerprint density at radius 2 is 2.26 bits per heavy atom. The van der Waals surface area contributed by atoms with Gasteiger partial charge in [-0.2, -0.15) is 0 Å². The van der Waals surface area contributed by atoms with Crippen molar-refractivity contribution in [1.82, 2.24) is 24.5 Å². The van der Waals surface area contributed by atoms with Crippen LogP contribution in [0.3, 0.4) is 0 Å². The standard InChI is InChI=1S/C15H13N5O3/c1-23-8-11-5-13(20-7-12(15(21)22)17-9-20)19-14(18-11)10-3-2-4-16-6-10/h2-7,9H,8H2,1H3,(H,21,22). The second-order valence-electron chi connectivity index (χ2n) is 4.69. The van der Waals surface area contributed by atoms with E-state index in [4.69, 9.17) is 9.84 Å². The van der Waals surface area contributed by atoms with Gasteiger partial charge in [0.15, 0.2) is 11.5 Å². The fraction of sp³-hybridized carbons (Fsp3) is 0.133. The van der Waals surface area contributed by atoms with E-state index in [9.17, 15) is 4.79 Å². The average Bonchev–Trinajstić information content (AvgIpc) is 3.06.